The molecule has 2 atom stereocenters. The number of carbonyl (C=O) groups excluding carboxylic acids is 1. The Hall–Kier alpha value is -1.46. The fourth-order valence-electron chi connectivity index (χ4n) is 3.17. The topological polar surface area (TPSA) is 59.6 Å². The summed E-state index contributed by atoms with van der Waals surface area (Å²) in [5.74, 6) is 2.82. The number of hydrogen-bond acceptors (Lipinski definition) is 4. The van der Waals surface area contributed by atoms with E-state index < -0.39 is 0 Å². The van der Waals surface area contributed by atoms with Crippen molar-refractivity contribution in [1.29, 1.82) is 0 Å². The summed E-state index contributed by atoms with van der Waals surface area (Å²) in [6.07, 6.45) is 3.73. The van der Waals surface area contributed by atoms with Crippen LogP contribution in [0.5, 0.6) is 11.5 Å². The first-order valence-corrected chi connectivity index (χ1v) is 9.80. The Morgan fingerprint density at radius 1 is 1.30 bits per heavy atom. The van der Waals surface area contributed by atoms with Crippen LogP contribution >= 0.6 is 12.4 Å². The number of hydrogen-bond donors (Lipinski definition) is 2. The summed E-state index contributed by atoms with van der Waals surface area (Å²) in [6, 6.07) is 5.83. The van der Waals surface area contributed by atoms with Crippen LogP contribution in [-0.2, 0) is 4.79 Å². The number of methoxy groups -OCH3 is 1. The van der Waals surface area contributed by atoms with E-state index in [-0.39, 0.29) is 24.4 Å². The largest absolute Gasteiger partial charge is 0.493 e. The smallest absolute Gasteiger partial charge is 0.220 e. The lowest BCUT2D eigenvalue weighted by atomic mass is 10.0. The second-order valence-corrected chi connectivity index (χ2v) is 7.63. The summed E-state index contributed by atoms with van der Waals surface area (Å²) in [6.45, 7) is 9.15. The maximum Gasteiger partial charge on any atom is 0.220 e. The predicted octanol–water partition coefficient (Wildman–Crippen LogP) is 4.11. The van der Waals surface area contributed by atoms with Gasteiger partial charge in [-0.05, 0) is 68.8 Å². The van der Waals surface area contributed by atoms with E-state index in [1.807, 2.05) is 25.1 Å². The van der Waals surface area contributed by atoms with Crippen molar-refractivity contribution in [3.63, 3.8) is 0 Å². The Morgan fingerprint density at radius 2 is 2.07 bits per heavy atom. The van der Waals surface area contributed by atoms with Crippen LogP contribution in [0, 0.1) is 11.8 Å². The lowest BCUT2D eigenvalue weighted by Gasteiger charge is -2.18. The van der Waals surface area contributed by atoms with Crippen molar-refractivity contribution in [2.75, 3.05) is 26.8 Å². The van der Waals surface area contributed by atoms with Gasteiger partial charge in [-0.1, -0.05) is 19.9 Å². The zero-order chi connectivity index (χ0) is 18.9. The average Bonchev–Trinajstić information content (AvgIpc) is 3.13. The van der Waals surface area contributed by atoms with Crippen molar-refractivity contribution >= 4 is 18.3 Å². The van der Waals surface area contributed by atoms with Gasteiger partial charge < -0.3 is 20.1 Å². The van der Waals surface area contributed by atoms with E-state index in [9.17, 15) is 4.79 Å². The Balaban J connectivity index is 0.00000364. The second-order valence-electron chi connectivity index (χ2n) is 7.63. The third kappa shape index (κ3) is 7.97. The summed E-state index contributed by atoms with van der Waals surface area (Å²) in [5.41, 5.74) is 1.02. The quantitative estimate of drug-likeness (QED) is 0.622. The van der Waals surface area contributed by atoms with E-state index in [0.29, 0.717) is 30.6 Å². The van der Waals surface area contributed by atoms with E-state index in [2.05, 4.69) is 24.5 Å². The molecule has 1 aromatic carbocycles. The number of amides is 1. The number of nitrogens with one attached hydrogen (secondary N) is 2. The first-order chi connectivity index (χ1) is 12.5. The van der Waals surface area contributed by atoms with Gasteiger partial charge >= 0.3 is 0 Å². The molecule has 0 saturated carbocycles. The summed E-state index contributed by atoms with van der Waals surface area (Å²) >= 11 is 0. The van der Waals surface area contributed by atoms with Gasteiger partial charge in [0.1, 0.15) is 0 Å². The molecule has 27 heavy (non-hydrogen) atoms. The van der Waals surface area contributed by atoms with Crippen molar-refractivity contribution in [2.45, 2.75) is 52.5 Å². The van der Waals surface area contributed by atoms with Crippen molar-refractivity contribution in [3.05, 3.63) is 23.8 Å². The molecule has 2 unspecified atom stereocenters. The Kier molecular flexibility index (Phi) is 10.6. The van der Waals surface area contributed by atoms with Crippen LogP contribution in [0.3, 0.4) is 0 Å². The predicted molar refractivity (Wildman–Crippen MR) is 112 cm³/mol. The normalized spacial score (nSPS) is 17.3. The van der Waals surface area contributed by atoms with Crippen molar-refractivity contribution < 1.29 is 14.3 Å². The number of ether oxygens (including phenoxy) is 2. The van der Waals surface area contributed by atoms with Crippen molar-refractivity contribution in [2.24, 2.45) is 11.8 Å². The SMILES string of the molecule is COc1cc(C(C)NC(=O)CCC2CCNC2)ccc1OCCC(C)C.Cl. The molecule has 5 nitrogen and oxygen atoms in total. The summed E-state index contributed by atoms with van der Waals surface area (Å²) in [4.78, 5) is 12.2. The first-order valence-electron chi connectivity index (χ1n) is 9.80. The zero-order valence-corrected chi connectivity index (χ0v) is 17.9. The first kappa shape index (κ1) is 23.6. The van der Waals surface area contributed by atoms with Crippen molar-refractivity contribution in [3.8, 4) is 11.5 Å². The summed E-state index contributed by atoms with van der Waals surface area (Å²) < 4.78 is 11.3. The molecule has 1 amide bonds. The molecule has 154 valence electrons. The van der Waals surface area contributed by atoms with Crippen LogP contribution in [0.4, 0.5) is 0 Å². The molecule has 0 aliphatic carbocycles. The molecule has 6 heteroatoms. The van der Waals surface area contributed by atoms with Crippen LogP contribution in [-0.4, -0.2) is 32.7 Å². The van der Waals surface area contributed by atoms with E-state index in [1.165, 1.54) is 6.42 Å². The molecular formula is C21H35ClN2O3. The maximum absolute atomic E-state index is 12.2. The zero-order valence-electron chi connectivity index (χ0n) is 17.0. The third-order valence-electron chi connectivity index (χ3n) is 4.96. The fourth-order valence-corrected chi connectivity index (χ4v) is 3.17. The van der Waals surface area contributed by atoms with E-state index in [0.717, 1.165) is 37.2 Å². The molecule has 1 aromatic rings. The third-order valence-corrected chi connectivity index (χ3v) is 4.96. The number of carbonyl (C=O) groups is 1. The van der Waals surface area contributed by atoms with Gasteiger partial charge in [-0.3, -0.25) is 4.79 Å². The standard InChI is InChI=1S/C21H34N2O3.ClH/c1-15(2)10-12-26-19-7-6-18(13-20(19)25-4)16(3)23-21(24)8-5-17-9-11-22-14-17;/h6-7,13,15-17,22H,5,8-12,14H2,1-4H3,(H,23,24);1H. The Labute approximate surface area is 170 Å². The molecule has 0 bridgehead atoms. The van der Waals surface area contributed by atoms with E-state index in [1.54, 1.807) is 7.11 Å². The molecule has 2 N–H and O–H groups in total. The highest BCUT2D eigenvalue weighted by molar-refractivity contribution is 5.85. The van der Waals surface area contributed by atoms with Crippen LogP contribution in [0.2, 0.25) is 0 Å². The van der Waals surface area contributed by atoms with Crippen LogP contribution in [0.1, 0.15) is 58.1 Å². The molecule has 0 aromatic heterocycles. The van der Waals surface area contributed by atoms with Gasteiger partial charge in [-0.2, -0.15) is 0 Å². The van der Waals surface area contributed by atoms with Gasteiger partial charge in [0.2, 0.25) is 5.91 Å². The highest BCUT2D eigenvalue weighted by Crippen LogP contribution is 2.30. The highest BCUT2D eigenvalue weighted by Gasteiger charge is 2.17. The van der Waals surface area contributed by atoms with Crippen LogP contribution in [0.15, 0.2) is 18.2 Å². The number of rotatable bonds is 10. The molecule has 0 spiro atoms. The Morgan fingerprint density at radius 3 is 2.70 bits per heavy atom. The van der Waals surface area contributed by atoms with Gasteiger partial charge in [0.15, 0.2) is 11.5 Å². The molecule has 0 radical (unpaired) electrons. The number of halogens is 1. The Bertz CT molecular complexity index is 575. The van der Waals surface area contributed by atoms with Crippen LogP contribution in [0.25, 0.3) is 0 Å². The molecular weight excluding hydrogens is 364 g/mol. The minimum Gasteiger partial charge on any atom is -0.493 e. The maximum atomic E-state index is 12.2. The van der Waals surface area contributed by atoms with Gasteiger partial charge in [0.25, 0.3) is 0 Å². The van der Waals surface area contributed by atoms with E-state index >= 15 is 0 Å². The summed E-state index contributed by atoms with van der Waals surface area (Å²) in [5, 5.41) is 6.44. The average molecular weight is 399 g/mol. The van der Waals surface area contributed by atoms with Crippen LogP contribution < -0.4 is 20.1 Å². The minimum atomic E-state index is -0.0529. The lowest BCUT2D eigenvalue weighted by Crippen LogP contribution is -2.27. The second kappa shape index (κ2) is 12.1. The lowest BCUT2D eigenvalue weighted by molar-refractivity contribution is -0.122. The molecule has 1 saturated heterocycles. The number of benzene rings is 1. The highest BCUT2D eigenvalue weighted by atomic mass is 35.5. The summed E-state index contributed by atoms with van der Waals surface area (Å²) in [7, 11) is 1.65. The molecule has 1 heterocycles. The molecule has 1 aliphatic rings. The molecule has 1 aliphatic heterocycles. The molecule has 2 rings (SSSR count). The fraction of sp³-hybridized carbons (Fsp3) is 0.667. The van der Waals surface area contributed by atoms with Gasteiger partial charge in [0.05, 0.1) is 19.8 Å². The van der Waals surface area contributed by atoms with E-state index in [4.69, 9.17) is 9.47 Å². The monoisotopic (exact) mass is 398 g/mol. The van der Waals surface area contributed by atoms with Gasteiger partial charge in [-0.25, -0.2) is 0 Å². The van der Waals surface area contributed by atoms with Crippen molar-refractivity contribution in [1.82, 2.24) is 10.6 Å². The van der Waals surface area contributed by atoms with Gasteiger partial charge in [0, 0.05) is 6.42 Å². The minimum absolute atomic E-state index is 0. The van der Waals surface area contributed by atoms with Gasteiger partial charge in [-0.15, -0.1) is 12.4 Å². The molecule has 1 fully saturated rings.